The van der Waals surface area contributed by atoms with Crippen LogP contribution in [-0.2, 0) is 18.3 Å². The predicted octanol–water partition coefficient (Wildman–Crippen LogP) is 1.65. The monoisotopic (exact) mass is 292 g/mol. The fraction of sp³-hybridized carbons (Fsp3) is 0.308. The molecule has 0 bridgehead atoms. The number of aliphatic carboxylic acids is 1. The molecule has 0 aliphatic carbocycles. The van der Waals surface area contributed by atoms with Crippen LogP contribution in [0, 0.1) is 0 Å². The Kier molecular flexibility index (Phi) is 5.00. The lowest BCUT2D eigenvalue weighted by Crippen LogP contribution is -2.09. The van der Waals surface area contributed by atoms with Gasteiger partial charge in [-0.25, -0.2) is 0 Å². The number of carbonyl (C=O) groups is 1. The second-order valence-corrected chi connectivity index (χ2v) is 5.13. The Morgan fingerprint density at radius 1 is 1.35 bits per heavy atom. The summed E-state index contributed by atoms with van der Waals surface area (Å²) in [4.78, 5) is 10.5. The minimum Gasteiger partial charge on any atom is -0.481 e. The summed E-state index contributed by atoms with van der Waals surface area (Å²) in [6.45, 7) is 0.750. The normalized spacial score (nSPS) is 10.4. The number of carboxylic acid groups (broad SMARTS) is 1. The van der Waals surface area contributed by atoms with Gasteiger partial charge in [-0.3, -0.25) is 4.79 Å². The van der Waals surface area contributed by atoms with Crippen molar-refractivity contribution in [2.45, 2.75) is 11.6 Å². The second-order valence-electron chi connectivity index (χ2n) is 4.18. The van der Waals surface area contributed by atoms with E-state index in [2.05, 4.69) is 15.5 Å². The standard InChI is InChI=1S/C13H16N4O2S/c1-17-11(15-16-13(17)20-9-12(18)19)7-8-14-10-5-3-2-4-6-10/h2-6,14H,7-9H2,1H3,(H,18,19). The van der Waals surface area contributed by atoms with Gasteiger partial charge in [0.25, 0.3) is 0 Å². The quantitative estimate of drug-likeness (QED) is 0.755. The summed E-state index contributed by atoms with van der Waals surface area (Å²) in [5, 5.41) is 20.7. The summed E-state index contributed by atoms with van der Waals surface area (Å²) in [5.41, 5.74) is 1.06. The summed E-state index contributed by atoms with van der Waals surface area (Å²) in [7, 11) is 1.85. The topological polar surface area (TPSA) is 80.0 Å². The number of thioether (sulfide) groups is 1. The maximum absolute atomic E-state index is 10.5. The first-order chi connectivity index (χ1) is 9.66. The van der Waals surface area contributed by atoms with E-state index < -0.39 is 5.97 Å². The van der Waals surface area contributed by atoms with Crippen LogP contribution in [0.1, 0.15) is 5.82 Å². The minimum absolute atomic E-state index is 0.00572. The first-order valence-electron chi connectivity index (χ1n) is 6.18. The van der Waals surface area contributed by atoms with Crippen LogP contribution in [0.15, 0.2) is 35.5 Å². The molecule has 0 aliphatic heterocycles. The number of nitrogens with one attached hydrogen (secondary N) is 1. The van der Waals surface area contributed by atoms with E-state index in [4.69, 9.17) is 5.11 Å². The summed E-state index contributed by atoms with van der Waals surface area (Å²) in [6, 6.07) is 9.94. The van der Waals surface area contributed by atoms with Gasteiger partial charge in [-0.1, -0.05) is 30.0 Å². The minimum atomic E-state index is -0.856. The Hall–Kier alpha value is -2.02. The highest BCUT2D eigenvalue weighted by Crippen LogP contribution is 2.15. The fourth-order valence-electron chi connectivity index (χ4n) is 1.69. The molecule has 0 spiro atoms. The average molecular weight is 292 g/mol. The van der Waals surface area contributed by atoms with Gasteiger partial charge in [-0.15, -0.1) is 10.2 Å². The molecule has 0 fully saturated rings. The van der Waals surface area contributed by atoms with Crippen LogP contribution in [0.2, 0.25) is 0 Å². The van der Waals surface area contributed by atoms with Gasteiger partial charge in [0.1, 0.15) is 5.82 Å². The molecular weight excluding hydrogens is 276 g/mol. The molecule has 7 heteroatoms. The molecule has 106 valence electrons. The largest absolute Gasteiger partial charge is 0.481 e. The molecule has 0 atom stereocenters. The van der Waals surface area contributed by atoms with Gasteiger partial charge < -0.3 is 15.0 Å². The highest BCUT2D eigenvalue weighted by molar-refractivity contribution is 7.99. The first-order valence-corrected chi connectivity index (χ1v) is 7.17. The van der Waals surface area contributed by atoms with Gasteiger partial charge in [0.2, 0.25) is 0 Å². The van der Waals surface area contributed by atoms with Crippen molar-refractivity contribution in [2.24, 2.45) is 7.05 Å². The average Bonchev–Trinajstić information content (AvgIpc) is 2.79. The molecule has 1 aromatic carbocycles. The lowest BCUT2D eigenvalue weighted by Gasteiger charge is -2.06. The van der Waals surface area contributed by atoms with E-state index in [0.717, 1.165) is 24.5 Å². The highest BCUT2D eigenvalue weighted by Gasteiger charge is 2.10. The SMILES string of the molecule is Cn1c(CCNc2ccccc2)nnc1SCC(=O)O. The zero-order valence-electron chi connectivity index (χ0n) is 11.1. The van der Waals surface area contributed by atoms with E-state index in [1.807, 2.05) is 41.9 Å². The van der Waals surface area contributed by atoms with Crippen molar-refractivity contribution < 1.29 is 9.90 Å². The van der Waals surface area contributed by atoms with E-state index in [1.54, 1.807) is 0 Å². The number of benzene rings is 1. The Labute approximate surface area is 121 Å². The molecule has 0 amide bonds. The van der Waals surface area contributed by atoms with Gasteiger partial charge in [0, 0.05) is 25.7 Å². The van der Waals surface area contributed by atoms with Crippen LogP contribution in [0.25, 0.3) is 0 Å². The number of rotatable bonds is 7. The van der Waals surface area contributed by atoms with Crippen LogP contribution in [0.5, 0.6) is 0 Å². The van der Waals surface area contributed by atoms with E-state index >= 15 is 0 Å². The molecule has 2 rings (SSSR count). The second kappa shape index (κ2) is 6.95. The number of hydrogen-bond acceptors (Lipinski definition) is 5. The van der Waals surface area contributed by atoms with Crippen molar-refractivity contribution >= 4 is 23.4 Å². The molecule has 6 nitrogen and oxygen atoms in total. The molecule has 1 heterocycles. The molecule has 2 N–H and O–H groups in total. The van der Waals surface area contributed by atoms with Crippen LogP contribution < -0.4 is 5.32 Å². The van der Waals surface area contributed by atoms with Gasteiger partial charge >= 0.3 is 5.97 Å². The molecule has 0 aliphatic rings. The van der Waals surface area contributed by atoms with E-state index in [0.29, 0.717) is 5.16 Å². The molecular formula is C13H16N4O2S. The third kappa shape index (κ3) is 3.99. The predicted molar refractivity (Wildman–Crippen MR) is 78.0 cm³/mol. The molecule has 0 saturated carbocycles. The molecule has 0 saturated heterocycles. The van der Waals surface area contributed by atoms with Crippen molar-refractivity contribution in [3.63, 3.8) is 0 Å². The summed E-state index contributed by atoms with van der Waals surface area (Å²) in [6.07, 6.45) is 0.728. The molecule has 0 radical (unpaired) electrons. The van der Waals surface area contributed by atoms with Crippen LogP contribution in [-0.4, -0.2) is 38.1 Å². The zero-order chi connectivity index (χ0) is 14.4. The third-order valence-electron chi connectivity index (χ3n) is 2.70. The Morgan fingerprint density at radius 3 is 2.80 bits per heavy atom. The van der Waals surface area contributed by atoms with Gasteiger partial charge in [-0.05, 0) is 12.1 Å². The lowest BCUT2D eigenvalue weighted by molar-refractivity contribution is -0.133. The Balaban J connectivity index is 1.85. The van der Waals surface area contributed by atoms with Crippen LogP contribution >= 0.6 is 11.8 Å². The first kappa shape index (κ1) is 14.4. The Bertz CT molecular complexity index is 571. The van der Waals surface area contributed by atoms with E-state index in [1.165, 1.54) is 11.8 Å². The number of hydrogen-bond donors (Lipinski definition) is 2. The number of carboxylic acids is 1. The number of anilines is 1. The summed E-state index contributed by atoms with van der Waals surface area (Å²) < 4.78 is 1.83. The van der Waals surface area contributed by atoms with Crippen molar-refractivity contribution in [1.82, 2.24) is 14.8 Å². The van der Waals surface area contributed by atoms with Crippen molar-refractivity contribution in [2.75, 3.05) is 17.6 Å². The highest BCUT2D eigenvalue weighted by atomic mass is 32.2. The molecule has 1 aromatic heterocycles. The fourth-order valence-corrected chi connectivity index (χ4v) is 2.34. The Morgan fingerprint density at radius 2 is 2.10 bits per heavy atom. The number of nitrogens with zero attached hydrogens (tertiary/aromatic N) is 3. The van der Waals surface area contributed by atoms with Gasteiger partial charge in [0.05, 0.1) is 5.75 Å². The van der Waals surface area contributed by atoms with E-state index in [9.17, 15) is 4.79 Å². The maximum Gasteiger partial charge on any atom is 0.313 e. The smallest absolute Gasteiger partial charge is 0.313 e. The number of para-hydroxylation sites is 1. The maximum atomic E-state index is 10.5. The molecule has 2 aromatic rings. The van der Waals surface area contributed by atoms with E-state index in [-0.39, 0.29) is 5.75 Å². The van der Waals surface area contributed by atoms with Crippen molar-refractivity contribution in [1.29, 1.82) is 0 Å². The molecule has 0 unspecified atom stereocenters. The van der Waals surface area contributed by atoms with Crippen LogP contribution in [0.4, 0.5) is 5.69 Å². The van der Waals surface area contributed by atoms with Crippen molar-refractivity contribution in [3.8, 4) is 0 Å². The summed E-state index contributed by atoms with van der Waals surface area (Å²) >= 11 is 1.18. The lowest BCUT2D eigenvalue weighted by atomic mass is 10.3. The summed E-state index contributed by atoms with van der Waals surface area (Å²) in [5.74, 6) is -0.0274. The van der Waals surface area contributed by atoms with Gasteiger partial charge in [0.15, 0.2) is 5.16 Å². The van der Waals surface area contributed by atoms with Crippen LogP contribution in [0.3, 0.4) is 0 Å². The van der Waals surface area contributed by atoms with Gasteiger partial charge in [-0.2, -0.15) is 0 Å². The third-order valence-corrected chi connectivity index (χ3v) is 3.71. The zero-order valence-corrected chi connectivity index (χ0v) is 11.9. The van der Waals surface area contributed by atoms with Crippen molar-refractivity contribution in [3.05, 3.63) is 36.2 Å². The molecule has 20 heavy (non-hydrogen) atoms. The number of aromatic nitrogens is 3.